The zero-order valence-electron chi connectivity index (χ0n) is 12.4. The maximum absolute atomic E-state index is 5.98. The summed E-state index contributed by atoms with van der Waals surface area (Å²) in [4.78, 5) is 4.75. The Morgan fingerprint density at radius 1 is 1.14 bits per heavy atom. The normalized spacial score (nSPS) is 12.7. The van der Waals surface area contributed by atoms with Gasteiger partial charge >= 0.3 is 0 Å². The Morgan fingerprint density at radius 3 is 2.71 bits per heavy atom. The number of aromatic nitrogens is 1. The van der Waals surface area contributed by atoms with Crippen LogP contribution >= 0.6 is 11.8 Å². The summed E-state index contributed by atoms with van der Waals surface area (Å²) in [5, 5.41) is 2.42. The highest BCUT2D eigenvalue weighted by Crippen LogP contribution is 2.33. The van der Waals surface area contributed by atoms with Crippen molar-refractivity contribution in [1.29, 1.82) is 0 Å². The van der Waals surface area contributed by atoms with Crippen LogP contribution in [0.2, 0.25) is 0 Å². The van der Waals surface area contributed by atoms with Gasteiger partial charge < -0.3 is 10.7 Å². The zero-order valence-corrected chi connectivity index (χ0v) is 13.2. The van der Waals surface area contributed by atoms with Gasteiger partial charge in [0, 0.05) is 21.8 Å². The summed E-state index contributed by atoms with van der Waals surface area (Å²) in [6, 6.07) is 17.3. The molecule has 3 rings (SSSR count). The van der Waals surface area contributed by atoms with Crippen molar-refractivity contribution in [3.05, 3.63) is 59.7 Å². The quantitative estimate of drug-likeness (QED) is 0.743. The van der Waals surface area contributed by atoms with Crippen molar-refractivity contribution in [3.63, 3.8) is 0 Å². The molecule has 1 heterocycles. The maximum atomic E-state index is 5.98. The number of fused-ring (bicyclic) bond motifs is 1. The van der Waals surface area contributed by atoms with E-state index in [2.05, 4.69) is 67.4 Å². The third-order valence-corrected chi connectivity index (χ3v) is 4.54. The van der Waals surface area contributed by atoms with Gasteiger partial charge in [-0.05, 0) is 44.0 Å². The van der Waals surface area contributed by atoms with Crippen molar-refractivity contribution in [2.24, 2.45) is 5.73 Å². The van der Waals surface area contributed by atoms with Crippen LogP contribution in [0, 0.1) is 6.92 Å². The summed E-state index contributed by atoms with van der Waals surface area (Å²) < 4.78 is 0. The first-order valence-electron chi connectivity index (χ1n) is 7.22. The third-order valence-electron chi connectivity index (χ3n) is 3.48. The Morgan fingerprint density at radius 2 is 1.95 bits per heavy atom. The van der Waals surface area contributed by atoms with E-state index in [9.17, 15) is 0 Å². The number of nitrogens with one attached hydrogen (secondary N) is 1. The number of hydrogen-bond donors (Lipinski definition) is 2. The van der Waals surface area contributed by atoms with Crippen LogP contribution in [0.25, 0.3) is 10.9 Å². The number of hydrogen-bond acceptors (Lipinski definition) is 2. The summed E-state index contributed by atoms with van der Waals surface area (Å²) in [6.07, 6.45) is 0.907. The first-order chi connectivity index (χ1) is 10.1. The molecule has 2 aromatic carbocycles. The molecule has 2 nitrogen and oxygen atoms in total. The van der Waals surface area contributed by atoms with Gasteiger partial charge in [0.1, 0.15) is 0 Å². The van der Waals surface area contributed by atoms with Crippen molar-refractivity contribution in [3.8, 4) is 0 Å². The van der Waals surface area contributed by atoms with Crippen LogP contribution in [0.15, 0.2) is 58.5 Å². The standard InChI is InChI=1S/C18H20N2S/c1-12-7-8-17(15(9-12)10-13(2)19)21-18-11-14-5-3-4-6-16(14)20-18/h3-9,11,13,20H,10,19H2,1-2H3. The topological polar surface area (TPSA) is 41.8 Å². The Balaban J connectivity index is 1.93. The second-order valence-corrected chi connectivity index (χ2v) is 6.70. The monoisotopic (exact) mass is 296 g/mol. The van der Waals surface area contributed by atoms with Crippen molar-refractivity contribution < 1.29 is 0 Å². The average Bonchev–Trinajstić information content (AvgIpc) is 2.83. The molecule has 1 unspecified atom stereocenters. The Hall–Kier alpha value is -1.71. The van der Waals surface area contributed by atoms with Gasteiger partial charge in [0.2, 0.25) is 0 Å². The van der Waals surface area contributed by atoms with Crippen LogP contribution in [0.5, 0.6) is 0 Å². The third kappa shape index (κ3) is 3.31. The van der Waals surface area contributed by atoms with Crippen molar-refractivity contribution in [2.75, 3.05) is 0 Å². The molecule has 0 aliphatic heterocycles. The lowest BCUT2D eigenvalue weighted by atomic mass is 10.1. The molecule has 0 saturated carbocycles. The molecule has 21 heavy (non-hydrogen) atoms. The van der Waals surface area contributed by atoms with E-state index in [1.807, 2.05) is 0 Å². The molecule has 0 bridgehead atoms. The number of nitrogens with two attached hydrogens (primary N) is 1. The minimum atomic E-state index is 0.175. The van der Waals surface area contributed by atoms with Crippen LogP contribution < -0.4 is 5.73 Å². The molecule has 1 atom stereocenters. The summed E-state index contributed by atoms with van der Waals surface area (Å²) in [7, 11) is 0. The predicted molar refractivity (Wildman–Crippen MR) is 91.0 cm³/mol. The van der Waals surface area contributed by atoms with Crippen LogP contribution in [0.3, 0.4) is 0 Å². The molecule has 1 aromatic heterocycles. The summed E-state index contributed by atoms with van der Waals surface area (Å²) in [5.41, 5.74) is 9.77. The van der Waals surface area contributed by atoms with Crippen molar-refractivity contribution in [1.82, 2.24) is 4.98 Å². The highest BCUT2D eigenvalue weighted by molar-refractivity contribution is 7.99. The first kappa shape index (κ1) is 14.2. The van der Waals surface area contributed by atoms with Gasteiger partial charge in [-0.3, -0.25) is 0 Å². The Bertz CT molecular complexity index is 726. The van der Waals surface area contributed by atoms with E-state index in [0.717, 1.165) is 6.42 Å². The van der Waals surface area contributed by atoms with E-state index in [1.165, 1.54) is 32.0 Å². The number of benzene rings is 2. The fourth-order valence-corrected chi connectivity index (χ4v) is 3.53. The lowest BCUT2D eigenvalue weighted by Crippen LogP contribution is -2.18. The van der Waals surface area contributed by atoms with E-state index in [1.54, 1.807) is 11.8 Å². The molecule has 0 aliphatic rings. The van der Waals surface area contributed by atoms with E-state index in [4.69, 9.17) is 5.73 Å². The highest BCUT2D eigenvalue weighted by Gasteiger charge is 2.09. The SMILES string of the molecule is Cc1ccc(Sc2cc3ccccc3[nH]2)c(CC(C)N)c1. The van der Waals surface area contributed by atoms with Crippen LogP contribution in [-0.4, -0.2) is 11.0 Å². The summed E-state index contributed by atoms with van der Waals surface area (Å²) >= 11 is 1.78. The molecule has 0 saturated heterocycles. The number of aromatic amines is 1. The Labute approximate surface area is 129 Å². The number of H-pyrrole nitrogens is 1. The van der Waals surface area contributed by atoms with Crippen molar-refractivity contribution in [2.45, 2.75) is 36.2 Å². The molecule has 108 valence electrons. The van der Waals surface area contributed by atoms with E-state index in [0.29, 0.717) is 0 Å². The number of para-hydroxylation sites is 1. The molecule has 0 aliphatic carbocycles. The molecule has 3 aromatic rings. The van der Waals surface area contributed by atoms with Crippen LogP contribution in [0.1, 0.15) is 18.1 Å². The van der Waals surface area contributed by atoms with Crippen LogP contribution in [0.4, 0.5) is 0 Å². The largest absolute Gasteiger partial charge is 0.349 e. The summed E-state index contributed by atoms with van der Waals surface area (Å²) in [5.74, 6) is 0. The van der Waals surface area contributed by atoms with Crippen LogP contribution in [-0.2, 0) is 6.42 Å². The average molecular weight is 296 g/mol. The minimum Gasteiger partial charge on any atom is -0.349 e. The van der Waals surface area contributed by atoms with Gasteiger partial charge in [0.25, 0.3) is 0 Å². The number of rotatable bonds is 4. The zero-order chi connectivity index (χ0) is 14.8. The molecule has 3 heteroatoms. The van der Waals surface area contributed by atoms with E-state index >= 15 is 0 Å². The van der Waals surface area contributed by atoms with Gasteiger partial charge in [0.15, 0.2) is 0 Å². The fourth-order valence-electron chi connectivity index (χ4n) is 2.53. The highest BCUT2D eigenvalue weighted by atomic mass is 32.2. The lowest BCUT2D eigenvalue weighted by molar-refractivity contribution is 0.729. The van der Waals surface area contributed by atoms with Gasteiger partial charge in [-0.1, -0.05) is 47.7 Å². The number of aryl methyl sites for hydroxylation is 1. The predicted octanol–water partition coefficient (Wildman–Crippen LogP) is 4.52. The van der Waals surface area contributed by atoms with Crippen molar-refractivity contribution >= 4 is 22.7 Å². The van der Waals surface area contributed by atoms with Gasteiger partial charge in [-0.2, -0.15) is 0 Å². The second kappa shape index (κ2) is 5.96. The van der Waals surface area contributed by atoms with E-state index < -0.39 is 0 Å². The molecule has 0 fully saturated rings. The maximum Gasteiger partial charge on any atom is 0.0780 e. The summed E-state index contributed by atoms with van der Waals surface area (Å²) in [6.45, 7) is 4.18. The smallest absolute Gasteiger partial charge is 0.0780 e. The molecule has 0 amide bonds. The van der Waals surface area contributed by atoms with E-state index in [-0.39, 0.29) is 6.04 Å². The van der Waals surface area contributed by atoms with Gasteiger partial charge in [-0.25, -0.2) is 0 Å². The second-order valence-electron chi connectivity index (χ2n) is 5.62. The fraction of sp³-hybridized carbons (Fsp3) is 0.222. The minimum absolute atomic E-state index is 0.175. The molecular formula is C18H20N2S. The molecule has 0 radical (unpaired) electrons. The molecule has 0 spiro atoms. The van der Waals surface area contributed by atoms with Gasteiger partial charge in [0.05, 0.1) is 5.03 Å². The van der Waals surface area contributed by atoms with Gasteiger partial charge in [-0.15, -0.1) is 0 Å². The first-order valence-corrected chi connectivity index (χ1v) is 8.04. The molecule has 3 N–H and O–H groups in total. The lowest BCUT2D eigenvalue weighted by Gasteiger charge is -2.11. The molecular weight excluding hydrogens is 276 g/mol. The Kier molecular flexibility index (Phi) is 4.04.